The lowest BCUT2D eigenvalue weighted by molar-refractivity contribution is 0.214. The Morgan fingerprint density at radius 1 is 1.00 bits per heavy atom. The van der Waals surface area contributed by atoms with Gasteiger partial charge in [0, 0.05) is 18.7 Å². The van der Waals surface area contributed by atoms with Gasteiger partial charge in [-0.2, -0.15) is 0 Å². The van der Waals surface area contributed by atoms with Gasteiger partial charge in [0.2, 0.25) is 0 Å². The van der Waals surface area contributed by atoms with E-state index in [1.165, 1.54) is 0 Å². The van der Waals surface area contributed by atoms with Crippen molar-refractivity contribution in [1.82, 2.24) is 0 Å². The van der Waals surface area contributed by atoms with Crippen LogP contribution in [0.4, 0.5) is 0 Å². The lowest BCUT2D eigenvalue weighted by Gasteiger charge is -2.19. The summed E-state index contributed by atoms with van der Waals surface area (Å²) in [5.41, 5.74) is 12.1. The number of rotatable bonds is 6. The molecule has 0 aliphatic rings. The Labute approximate surface area is 103 Å². The van der Waals surface area contributed by atoms with E-state index in [9.17, 15) is 0 Å². The molecule has 0 aromatic heterocycles. The van der Waals surface area contributed by atoms with Crippen molar-refractivity contribution < 1.29 is 9.47 Å². The average molecular weight is 238 g/mol. The first-order valence-electron chi connectivity index (χ1n) is 5.91. The molecular formula is C13H22N2O2. The molecule has 0 heterocycles. The molecule has 96 valence electrons. The third kappa shape index (κ3) is 3.91. The largest absolute Gasteiger partial charge is 0.489 e. The maximum Gasteiger partial charge on any atom is 0.126 e. The third-order valence-corrected chi connectivity index (χ3v) is 2.55. The maximum absolute atomic E-state index is 5.71. The number of hydrogen-bond donors (Lipinski definition) is 2. The first kappa shape index (κ1) is 13.8. The molecule has 0 spiro atoms. The zero-order valence-corrected chi connectivity index (χ0v) is 10.8. The van der Waals surface area contributed by atoms with Crippen molar-refractivity contribution in [2.24, 2.45) is 11.5 Å². The van der Waals surface area contributed by atoms with Gasteiger partial charge in [-0.3, -0.25) is 0 Å². The van der Waals surface area contributed by atoms with E-state index in [1.807, 2.05) is 39.0 Å². The molecule has 4 heteroatoms. The van der Waals surface area contributed by atoms with Crippen LogP contribution in [0.5, 0.6) is 11.5 Å². The molecule has 1 aromatic rings. The maximum atomic E-state index is 5.71. The Morgan fingerprint density at radius 2 is 1.41 bits per heavy atom. The van der Waals surface area contributed by atoms with Gasteiger partial charge in [0.05, 0.1) is 0 Å². The molecule has 1 unspecified atom stereocenters. The molecule has 0 radical (unpaired) electrons. The fourth-order valence-corrected chi connectivity index (χ4v) is 1.38. The lowest BCUT2D eigenvalue weighted by atomic mass is 10.2. The van der Waals surface area contributed by atoms with E-state index in [4.69, 9.17) is 20.9 Å². The van der Waals surface area contributed by atoms with E-state index >= 15 is 0 Å². The normalized spacial score (nSPS) is 14.2. The molecule has 0 fully saturated rings. The van der Waals surface area contributed by atoms with Crippen molar-refractivity contribution in [3.05, 3.63) is 23.8 Å². The van der Waals surface area contributed by atoms with E-state index < -0.39 is 0 Å². The number of nitrogens with two attached hydrogens (primary N) is 2. The van der Waals surface area contributed by atoms with Gasteiger partial charge in [0.15, 0.2) is 0 Å². The van der Waals surface area contributed by atoms with Crippen molar-refractivity contribution in [2.75, 3.05) is 13.1 Å². The van der Waals surface area contributed by atoms with Crippen LogP contribution >= 0.6 is 0 Å². The topological polar surface area (TPSA) is 70.5 Å². The van der Waals surface area contributed by atoms with E-state index in [-0.39, 0.29) is 12.2 Å². The fraction of sp³-hybridized carbons (Fsp3) is 0.538. The van der Waals surface area contributed by atoms with Crippen molar-refractivity contribution in [3.63, 3.8) is 0 Å². The van der Waals surface area contributed by atoms with Crippen LogP contribution < -0.4 is 20.9 Å². The van der Waals surface area contributed by atoms with E-state index in [0.717, 1.165) is 17.1 Å². The first-order chi connectivity index (χ1) is 8.08. The van der Waals surface area contributed by atoms with Crippen LogP contribution in [0.15, 0.2) is 18.2 Å². The molecule has 4 N–H and O–H groups in total. The van der Waals surface area contributed by atoms with Gasteiger partial charge in [-0.05, 0) is 32.9 Å². The van der Waals surface area contributed by atoms with Crippen LogP contribution in [-0.4, -0.2) is 25.3 Å². The molecule has 2 atom stereocenters. The fourth-order valence-electron chi connectivity index (χ4n) is 1.38. The Kier molecular flexibility index (Phi) is 5.25. The van der Waals surface area contributed by atoms with Gasteiger partial charge in [0.1, 0.15) is 23.7 Å². The molecule has 0 saturated heterocycles. The predicted octanol–water partition coefficient (Wildman–Crippen LogP) is 1.45. The van der Waals surface area contributed by atoms with Crippen molar-refractivity contribution >= 4 is 0 Å². The summed E-state index contributed by atoms with van der Waals surface area (Å²) in [6.07, 6.45) is -0.00763. The van der Waals surface area contributed by atoms with Crippen LogP contribution in [0.3, 0.4) is 0 Å². The Hall–Kier alpha value is -1.26. The highest BCUT2D eigenvalue weighted by Gasteiger charge is 2.10. The average Bonchev–Trinajstić information content (AvgIpc) is 2.33. The molecule has 1 aromatic carbocycles. The van der Waals surface area contributed by atoms with E-state index in [0.29, 0.717) is 13.1 Å². The van der Waals surface area contributed by atoms with Gasteiger partial charge >= 0.3 is 0 Å². The van der Waals surface area contributed by atoms with Crippen LogP contribution in [-0.2, 0) is 0 Å². The third-order valence-electron chi connectivity index (χ3n) is 2.55. The molecule has 0 aliphatic carbocycles. The molecule has 0 bridgehead atoms. The van der Waals surface area contributed by atoms with Crippen LogP contribution in [0.2, 0.25) is 0 Å². The van der Waals surface area contributed by atoms with Gasteiger partial charge < -0.3 is 20.9 Å². The Bertz CT molecular complexity index is 325. The lowest BCUT2D eigenvalue weighted by Crippen LogP contribution is -2.24. The van der Waals surface area contributed by atoms with Gasteiger partial charge in [-0.1, -0.05) is 6.07 Å². The summed E-state index contributed by atoms with van der Waals surface area (Å²) in [7, 11) is 0. The minimum Gasteiger partial charge on any atom is -0.489 e. The van der Waals surface area contributed by atoms with Crippen molar-refractivity contribution in [2.45, 2.75) is 33.0 Å². The second kappa shape index (κ2) is 6.47. The summed E-state index contributed by atoms with van der Waals surface area (Å²) in [4.78, 5) is 0. The van der Waals surface area contributed by atoms with Crippen molar-refractivity contribution in [1.29, 1.82) is 0 Å². The summed E-state index contributed by atoms with van der Waals surface area (Å²) in [6, 6.07) is 5.74. The number of benzene rings is 1. The number of hydrogen-bond acceptors (Lipinski definition) is 4. The first-order valence-corrected chi connectivity index (χ1v) is 5.91. The monoisotopic (exact) mass is 238 g/mol. The highest BCUT2D eigenvalue weighted by Crippen LogP contribution is 2.28. The van der Waals surface area contributed by atoms with Gasteiger partial charge in [0.25, 0.3) is 0 Å². The molecule has 17 heavy (non-hydrogen) atoms. The summed E-state index contributed by atoms with van der Waals surface area (Å²) in [5.74, 6) is 1.62. The second-order valence-electron chi connectivity index (χ2n) is 4.21. The smallest absolute Gasteiger partial charge is 0.126 e. The molecular weight excluding hydrogens is 216 g/mol. The molecule has 0 aliphatic heterocycles. The summed E-state index contributed by atoms with van der Waals surface area (Å²) >= 11 is 0. The zero-order valence-electron chi connectivity index (χ0n) is 10.8. The van der Waals surface area contributed by atoms with Crippen molar-refractivity contribution in [3.8, 4) is 11.5 Å². The quantitative estimate of drug-likeness (QED) is 0.787. The molecule has 1 rings (SSSR count). The zero-order chi connectivity index (χ0) is 12.8. The summed E-state index contributed by atoms with van der Waals surface area (Å²) < 4.78 is 11.4. The van der Waals surface area contributed by atoms with Gasteiger partial charge in [-0.15, -0.1) is 0 Å². The summed E-state index contributed by atoms with van der Waals surface area (Å²) in [6.45, 7) is 6.83. The minimum absolute atomic E-state index is 0.00381. The predicted molar refractivity (Wildman–Crippen MR) is 69.5 cm³/mol. The van der Waals surface area contributed by atoms with Crippen LogP contribution in [0, 0.1) is 6.92 Å². The molecule has 4 nitrogen and oxygen atoms in total. The van der Waals surface area contributed by atoms with E-state index in [2.05, 4.69) is 0 Å². The molecule has 0 amide bonds. The van der Waals surface area contributed by atoms with Crippen LogP contribution in [0.25, 0.3) is 0 Å². The summed E-state index contributed by atoms with van der Waals surface area (Å²) in [5, 5.41) is 0. The van der Waals surface area contributed by atoms with Gasteiger partial charge in [-0.25, -0.2) is 0 Å². The SMILES string of the molecule is Cc1c(OC(C)CN)cccc1O[C@@H](C)CN. The number of ether oxygens (including phenoxy) is 2. The highest BCUT2D eigenvalue weighted by atomic mass is 16.5. The minimum atomic E-state index is -0.00381. The Balaban J connectivity index is 2.83. The van der Waals surface area contributed by atoms with Crippen LogP contribution in [0.1, 0.15) is 19.4 Å². The highest BCUT2D eigenvalue weighted by molar-refractivity contribution is 5.43. The van der Waals surface area contributed by atoms with E-state index in [1.54, 1.807) is 0 Å². The second-order valence-corrected chi connectivity index (χ2v) is 4.21. The Morgan fingerprint density at radius 3 is 1.76 bits per heavy atom. The molecule has 0 saturated carbocycles. The standard InChI is InChI=1S/C13H22N2O2/c1-9(7-14)16-12-5-4-6-13(11(12)3)17-10(2)8-15/h4-6,9-10H,7-8,14-15H2,1-3H3/t9-,10?/m0/s1.